The summed E-state index contributed by atoms with van der Waals surface area (Å²) < 4.78 is 9.62. The minimum absolute atomic E-state index is 0.185. The van der Waals surface area contributed by atoms with E-state index in [1.807, 2.05) is 13.8 Å². The molecular formula is C8H16O3. The predicted octanol–water partition coefficient (Wildman–Crippen LogP) is 1.36. The van der Waals surface area contributed by atoms with Crippen molar-refractivity contribution < 1.29 is 14.3 Å². The van der Waals surface area contributed by atoms with Crippen LogP contribution in [0.1, 0.15) is 26.7 Å². The maximum atomic E-state index is 10.7. The molecule has 0 aromatic carbocycles. The summed E-state index contributed by atoms with van der Waals surface area (Å²) in [5, 5.41) is 0. The first-order valence-corrected chi connectivity index (χ1v) is 3.64. The standard InChI is InChI=1S/C8H16O3/c1-8(2,11-4)6-5-7(9)10-3/h5-6H2,1-4H3. The molecule has 0 aliphatic rings. The van der Waals surface area contributed by atoms with Gasteiger partial charge in [0.1, 0.15) is 0 Å². The van der Waals surface area contributed by atoms with E-state index < -0.39 is 0 Å². The van der Waals surface area contributed by atoms with E-state index in [0.717, 1.165) is 0 Å². The second-order valence-corrected chi connectivity index (χ2v) is 3.04. The Balaban J connectivity index is 3.61. The summed E-state index contributed by atoms with van der Waals surface area (Å²) in [5.41, 5.74) is -0.228. The van der Waals surface area contributed by atoms with Crippen LogP contribution in [0.4, 0.5) is 0 Å². The van der Waals surface area contributed by atoms with Crippen LogP contribution in [0.3, 0.4) is 0 Å². The van der Waals surface area contributed by atoms with E-state index in [9.17, 15) is 4.79 Å². The Morgan fingerprint density at radius 2 is 1.91 bits per heavy atom. The Bertz CT molecular complexity index is 129. The van der Waals surface area contributed by atoms with Crippen molar-refractivity contribution in [3.8, 4) is 0 Å². The summed E-state index contributed by atoms with van der Waals surface area (Å²) in [6, 6.07) is 0. The zero-order valence-electron chi connectivity index (χ0n) is 7.64. The third kappa shape index (κ3) is 4.79. The van der Waals surface area contributed by atoms with Crippen molar-refractivity contribution in [2.45, 2.75) is 32.3 Å². The summed E-state index contributed by atoms with van der Waals surface area (Å²) >= 11 is 0. The SMILES string of the molecule is COC(=O)CCC(C)(C)OC. The van der Waals surface area contributed by atoms with Crippen molar-refractivity contribution in [2.24, 2.45) is 0 Å². The Morgan fingerprint density at radius 3 is 2.27 bits per heavy atom. The van der Waals surface area contributed by atoms with E-state index in [2.05, 4.69) is 4.74 Å². The number of hydrogen-bond donors (Lipinski definition) is 0. The fraction of sp³-hybridized carbons (Fsp3) is 0.875. The zero-order valence-corrected chi connectivity index (χ0v) is 7.64. The fourth-order valence-electron chi connectivity index (χ4n) is 0.607. The number of ether oxygens (including phenoxy) is 2. The maximum absolute atomic E-state index is 10.7. The Labute approximate surface area is 67.7 Å². The van der Waals surface area contributed by atoms with Crippen molar-refractivity contribution in [1.29, 1.82) is 0 Å². The summed E-state index contributed by atoms with van der Waals surface area (Å²) in [6.45, 7) is 3.88. The zero-order chi connectivity index (χ0) is 8.91. The van der Waals surface area contributed by atoms with E-state index >= 15 is 0 Å². The average molecular weight is 160 g/mol. The lowest BCUT2D eigenvalue weighted by atomic mass is 10.0. The monoisotopic (exact) mass is 160 g/mol. The van der Waals surface area contributed by atoms with Crippen LogP contribution in [0.15, 0.2) is 0 Å². The van der Waals surface area contributed by atoms with Crippen LogP contribution >= 0.6 is 0 Å². The van der Waals surface area contributed by atoms with Crippen LogP contribution in [0.5, 0.6) is 0 Å². The van der Waals surface area contributed by atoms with Crippen LogP contribution in [0, 0.1) is 0 Å². The molecule has 0 rings (SSSR count). The molecule has 3 nitrogen and oxygen atoms in total. The second kappa shape index (κ2) is 4.34. The molecule has 0 amide bonds. The predicted molar refractivity (Wildman–Crippen MR) is 42.3 cm³/mol. The molecule has 0 aliphatic heterocycles. The van der Waals surface area contributed by atoms with E-state index in [4.69, 9.17) is 4.74 Å². The fourth-order valence-corrected chi connectivity index (χ4v) is 0.607. The molecule has 66 valence electrons. The van der Waals surface area contributed by atoms with Gasteiger partial charge in [-0.25, -0.2) is 0 Å². The number of hydrogen-bond acceptors (Lipinski definition) is 3. The summed E-state index contributed by atoms with van der Waals surface area (Å²) in [6.07, 6.45) is 1.10. The molecule has 0 saturated heterocycles. The van der Waals surface area contributed by atoms with Crippen molar-refractivity contribution >= 4 is 5.97 Å². The van der Waals surface area contributed by atoms with Crippen LogP contribution in [-0.4, -0.2) is 25.8 Å². The van der Waals surface area contributed by atoms with Crippen molar-refractivity contribution in [1.82, 2.24) is 0 Å². The molecule has 11 heavy (non-hydrogen) atoms. The van der Waals surface area contributed by atoms with E-state index in [-0.39, 0.29) is 11.6 Å². The van der Waals surface area contributed by atoms with Gasteiger partial charge in [-0.05, 0) is 20.3 Å². The molecular weight excluding hydrogens is 144 g/mol. The molecule has 0 heterocycles. The Morgan fingerprint density at radius 1 is 1.36 bits per heavy atom. The molecule has 0 aliphatic carbocycles. The molecule has 0 bridgehead atoms. The Kier molecular flexibility index (Phi) is 4.11. The van der Waals surface area contributed by atoms with Crippen LogP contribution < -0.4 is 0 Å². The first-order valence-electron chi connectivity index (χ1n) is 3.64. The third-order valence-corrected chi connectivity index (χ3v) is 1.71. The van der Waals surface area contributed by atoms with E-state index in [1.165, 1.54) is 7.11 Å². The molecule has 3 heteroatoms. The molecule has 0 fully saturated rings. The summed E-state index contributed by atoms with van der Waals surface area (Å²) in [5.74, 6) is -0.185. The summed E-state index contributed by atoms with van der Waals surface area (Å²) in [7, 11) is 3.03. The minimum Gasteiger partial charge on any atom is -0.469 e. The number of esters is 1. The topological polar surface area (TPSA) is 35.5 Å². The molecule has 0 aromatic heterocycles. The average Bonchev–Trinajstić information content (AvgIpc) is 2.00. The number of carbonyl (C=O) groups excluding carboxylic acids is 1. The van der Waals surface area contributed by atoms with Gasteiger partial charge in [-0.15, -0.1) is 0 Å². The molecule has 0 radical (unpaired) electrons. The van der Waals surface area contributed by atoms with Gasteiger partial charge in [-0.1, -0.05) is 0 Å². The van der Waals surface area contributed by atoms with Crippen molar-refractivity contribution in [2.75, 3.05) is 14.2 Å². The third-order valence-electron chi connectivity index (χ3n) is 1.71. The minimum atomic E-state index is -0.228. The molecule has 0 aromatic rings. The van der Waals surface area contributed by atoms with Gasteiger partial charge in [-0.3, -0.25) is 4.79 Å². The number of methoxy groups -OCH3 is 2. The lowest BCUT2D eigenvalue weighted by molar-refractivity contribution is -0.142. The number of rotatable bonds is 4. The number of carbonyl (C=O) groups is 1. The van der Waals surface area contributed by atoms with Crippen LogP contribution in [0.2, 0.25) is 0 Å². The smallest absolute Gasteiger partial charge is 0.305 e. The first kappa shape index (κ1) is 10.4. The van der Waals surface area contributed by atoms with Gasteiger partial charge >= 0.3 is 5.97 Å². The lowest BCUT2D eigenvalue weighted by Crippen LogP contribution is -2.23. The van der Waals surface area contributed by atoms with E-state index in [0.29, 0.717) is 12.8 Å². The lowest BCUT2D eigenvalue weighted by Gasteiger charge is -2.21. The van der Waals surface area contributed by atoms with Gasteiger partial charge in [0.05, 0.1) is 12.7 Å². The van der Waals surface area contributed by atoms with Gasteiger partial charge in [0, 0.05) is 13.5 Å². The highest BCUT2D eigenvalue weighted by Crippen LogP contribution is 2.15. The molecule has 0 atom stereocenters. The second-order valence-electron chi connectivity index (χ2n) is 3.04. The molecule has 0 N–H and O–H groups in total. The molecule has 0 saturated carbocycles. The van der Waals surface area contributed by atoms with Crippen molar-refractivity contribution in [3.05, 3.63) is 0 Å². The Hall–Kier alpha value is -0.570. The van der Waals surface area contributed by atoms with Gasteiger partial charge in [0.15, 0.2) is 0 Å². The summed E-state index contributed by atoms with van der Waals surface area (Å²) in [4.78, 5) is 10.7. The van der Waals surface area contributed by atoms with Crippen molar-refractivity contribution in [3.63, 3.8) is 0 Å². The highest BCUT2D eigenvalue weighted by Gasteiger charge is 2.17. The quantitative estimate of drug-likeness (QED) is 0.582. The molecule has 0 unspecified atom stereocenters. The van der Waals surface area contributed by atoms with Gasteiger partial charge in [0.2, 0.25) is 0 Å². The van der Waals surface area contributed by atoms with E-state index in [1.54, 1.807) is 7.11 Å². The van der Waals surface area contributed by atoms with Crippen LogP contribution in [0.25, 0.3) is 0 Å². The highest BCUT2D eigenvalue weighted by atomic mass is 16.5. The molecule has 0 spiro atoms. The van der Waals surface area contributed by atoms with Gasteiger partial charge < -0.3 is 9.47 Å². The van der Waals surface area contributed by atoms with Gasteiger partial charge in [-0.2, -0.15) is 0 Å². The van der Waals surface area contributed by atoms with Gasteiger partial charge in [0.25, 0.3) is 0 Å². The highest BCUT2D eigenvalue weighted by molar-refractivity contribution is 5.69. The maximum Gasteiger partial charge on any atom is 0.305 e. The largest absolute Gasteiger partial charge is 0.469 e. The van der Waals surface area contributed by atoms with Crippen LogP contribution in [-0.2, 0) is 14.3 Å². The normalized spacial score (nSPS) is 11.3. The first-order chi connectivity index (χ1) is 5.02.